The summed E-state index contributed by atoms with van der Waals surface area (Å²) in [6, 6.07) is 19.6. The number of nitrogens with one attached hydrogen (secondary N) is 2. The minimum atomic E-state index is 0.451. The lowest BCUT2D eigenvalue weighted by Crippen LogP contribution is -2.19. The molecule has 0 atom stereocenters. The first-order chi connectivity index (χ1) is 10.6. The quantitative estimate of drug-likeness (QED) is 0.560. The molecular weight excluding hydrogens is 335 g/mol. The Kier molecular flexibility index (Phi) is 4.48. The van der Waals surface area contributed by atoms with Crippen LogP contribution < -0.4 is 10.6 Å². The Bertz CT molecular complexity index is 849. The van der Waals surface area contributed by atoms with Crippen molar-refractivity contribution in [1.82, 2.24) is 0 Å². The summed E-state index contributed by atoms with van der Waals surface area (Å²) in [5.41, 5.74) is 1.59. The van der Waals surface area contributed by atoms with Crippen LogP contribution in [0.3, 0.4) is 0 Å². The van der Waals surface area contributed by atoms with Crippen molar-refractivity contribution in [2.45, 2.75) is 0 Å². The van der Waals surface area contributed by atoms with Gasteiger partial charge in [0.05, 0.1) is 15.7 Å². The van der Waals surface area contributed by atoms with E-state index in [1.54, 1.807) is 6.07 Å². The third-order valence-electron chi connectivity index (χ3n) is 3.21. The summed E-state index contributed by atoms with van der Waals surface area (Å²) < 4.78 is 0. The van der Waals surface area contributed by atoms with Crippen molar-refractivity contribution in [2.24, 2.45) is 0 Å². The predicted octanol–water partition coefficient (Wildman–Crippen LogP) is 5.96. The lowest BCUT2D eigenvalue weighted by atomic mass is 10.1. The van der Waals surface area contributed by atoms with Crippen LogP contribution in [0, 0.1) is 0 Å². The Morgan fingerprint density at radius 2 is 1.59 bits per heavy atom. The van der Waals surface area contributed by atoms with E-state index >= 15 is 0 Å². The first-order valence-electron chi connectivity index (χ1n) is 6.64. The van der Waals surface area contributed by atoms with Gasteiger partial charge in [0.15, 0.2) is 5.11 Å². The maximum absolute atomic E-state index is 6.14. The second kappa shape index (κ2) is 6.53. The van der Waals surface area contributed by atoms with Crippen molar-refractivity contribution in [3.05, 3.63) is 70.7 Å². The highest BCUT2D eigenvalue weighted by atomic mass is 35.5. The summed E-state index contributed by atoms with van der Waals surface area (Å²) in [6.07, 6.45) is 0. The largest absolute Gasteiger partial charge is 0.332 e. The molecular formula is C17H12Cl2N2S. The van der Waals surface area contributed by atoms with E-state index < -0.39 is 0 Å². The van der Waals surface area contributed by atoms with Crippen LogP contribution in [0.1, 0.15) is 0 Å². The molecule has 0 bridgehead atoms. The van der Waals surface area contributed by atoms with Crippen molar-refractivity contribution in [3.8, 4) is 0 Å². The summed E-state index contributed by atoms with van der Waals surface area (Å²) in [5.74, 6) is 0. The normalized spacial score (nSPS) is 10.5. The molecule has 0 aliphatic carbocycles. The van der Waals surface area contributed by atoms with Gasteiger partial charge in [-0.05, 0) is 47.3 Å². The molecule has 0 aliphatic rings. The summed E-state index contributed by atoms with van der Waals surface area (Å²) in [4.78, 5) is 0. The maximum Gasteiger partial charge on any atom is 0.175 e. The van der Waals surface area contributed by atoms with Crippen molar-refractivity contribution in [3.63, 3.8) is 0 Å². The second-order valence-electron chi connectivity index (χ2n) is 4.74. The first kappa shape index (κ1) is 15.1. The van der Waals surface area contributed by atoms with E-state index in [2.05, 4.69) is 22.8 Å². The second-order valence-corrected chi connectivity index (χ2v) is 5.94. The van der Waals surface area contributed by atoms with Crippen LogP contribution >= 0.6 is 35.4 Å². The van der Waals surface area contributed by atoms with Gasteiger partial charge in [0.1, 0.15) is 0 Å². The van der Waals surface area contributed by atoms with Crippen molar-refractivity contribution < 1.29 is 0 Å². The Morgan fingerprint density at radius 1 is 0.818 bits per heavy atom. The van der Waals surface area contributed by atoms with E-state index in [0.717, 1.165) is 11.1 Å². The lowest BCUT2D eigenvalue weighted by molar-refractivity contribution is 1.61. The van der Waals surface area contributed by atoms with Crippen LogP contribution in [0.25, 0.3) is 10.8 Å². The fraction of sp³-hybridized carbons (Fsp3) is 0. The van der Waals surface area contributed by atoms with E-state index in [0.29, 0.717) is 20.8 Å². The molecule has 2 nitrogen and oxygen atoms in total. The molecule has 0 saturated heterocycles. The Morgan fingerprint density at radius 3 is 2.41 bits per heavy atom. The van der Waals surface area contributed by atoms with E-state index in [1.807, 2.05) is 42.5 Å². The topological polar surface area (TPSA) is 24.1 Å². The van der Waals surface area contributed by atoms with Gasteiger partial charge >= 0.3 is 0 Å². The van der Waals surface area contributed by atoms with Gasteiger partial charge in [0, 0.05) is 5.69 Å². The van der Waals surface area contributed by atoms with E-state index in [-0.39, 0.29) is 0 Å². The highest BCUT2D eigenvalue weighted by Gasteiger charge is 2.06. The average molecular weight is 347 g/mol. The molecule has 22 heavy (non-hydrogen) atoms. The van der Waals surface area contributed by atoms with Gasteiger partial charge in [0.2, 0.25) is 0 Å². The number of halogens is 2. The maximum atomic E-state index is 6.14. The van der Waals surface area contributed by atoms with Crippen LogP contribution in [0.2, 0.25) is 10.0 Å². The molecule has 3 aromatic carbocycles. The molecule has 3 aromatic rings. The van der Waals surface area contributed by atoms with Crippen molar-refractivity contribution >= 4 is 62.7 Å². The molecule has 0 radical (unpaired) electrons. The number of anilines is 2. The highest BCUT2D eigenvalue weighted by Crippen LogP contribution is 2.29. The smallest absolute Gasteiger partial charge is 0.175 e. The zero-order chi connectivity index (χ0) is 15.5. The van der Waals surface area contributed by atoms with E-state index in [1.165, 1.54) is 5.39 Å². The summed E-state index contributed by atoms with van der Waals surface area (Å²) in [5, 5.41) is 9.93. The highest BCUT2D eigenvalue weighted by molar-refractivity contribution is 7.80. The molecule has 5 heteroatoms. The van der Waals surface area contributed by atoms with Crippen LogP contribution in [0.15, 0.2) is 60.7 Å². The van der Waals surface area contributed by atoms with Crippen LogP contribution in [0.4, 0.5) is 11.4 Å². The van der Waals surface area contributed by atoms with Gasteiger partial charge < -0.3 is 10.6 Å². The molecule has 0 saturated carbocycles. The fourth-order valence-corrected chi connectivity index (χ4v) is 2.73. The molecule has 2 N–H and O–H groups in total. The molecule has 0 fully saturated rings. The zero-order valence-electron chi connectivity index (χ0n) is 11.4. The number of thiocarbonyl (C=S) groups is 1. The SMILES string of the molecule is S=C(Nc1ccc2ccccc2c1)Nc1cccc(Cl)c1Cl. The Hall–Kier alpha value is -1.81. The van der Waals surface area contributed by atoms with Gasteiger partial charge in [-0.25, -0.2) is 0 Å². The molecule has 3 rings (SSSR count). The number of rotatable bonds is 2. The molecule has 110 valence electrons. The summed E-state index contributed by atoms with van der Waals surface area (Å²) in [6.45, 7) is 0. The fourth-order valence-electron chi connectivity index (χ4n) is 2.15. The minimum absolute atomic E-state index is 0.451. The van der Waals surface area contributed by atoms with Crippen LogP contribution in [-0.2, 0) is 0 Å². The molecule has 0 unspecified atom stereocenters. The van der Waals surface area contributed by atoms with Gasteiger partial charge in [-0.1, -0.05) is 59.6 Å². The van der Waals surface area contributed by atoms with Gasteiger partial charge in [-0.3, -0.25) is 0 Å². The van der Waals surface area contributed by atoms with E-state index in [9.17, 15) is 0 Å². The first-order valence-corrected chi connectivity index (χ1v) is 7.81. The molecule has 0 heterocycles. The Balaban J connectivity index is 1.76. The van der Waals surface area contributed by atoms with Crippen LogP contribution in [-0.4, -0.2) is 5.11 Å². The monoisotopic (exact) mass is 346 g/mol. The predicted molar refractivity (Wildman–Crippen MR) is 100 cm³/mol. The number of benzene rings is 3. The molecule has 0 amide bonds. The van der Waals surface area contributed by atoms with Gasteiger partial charge in [-0.15, -0.1) is 0 Å². The number of fused-ring (bicyclic) bond motifs is 1. The van der Waals surface area contributed by atoms with Crippen molar-refractivity contribution in [2.75, 3.05) is 10.6 Å². The minimum Gasteiger partial charge on any atom is -0.332 e. The summed E-state index contributed by atoms with van der Waals surface area (Å²) in [7, 11) is 0. The van der Waals surface area contributed by atoms with E-state index in [4.69, 9.17) is 35.4 Å². The molecule has 0 spiro atoms. The molecule has 0 aliphatic heterocycles. The van der Waals surface area contributed by atoms with Crippen LogP contribution in [0.5, 0.6) is 0 Å². The average Bonchev–Trinajstić information content (AvgIpc) is 2.52. The number of hydrogen-bond acceptors (Lipinski definition) is 1. The molecule has 0 aromatic heterocycles. The standard InChI is InChI=1S/C17H12Cl2N2S/c18-14-6-3-7-15(16(14)19)21-17(22)20-13-9-8-11-4-1-2-5-12(11)10-13/h1-10H,(H2,20,21,22). The number of hydrogen-bond donors (Lipinski definition) is 2. The third kappa shape index (κ3) is 3.33. The van der Waals surface area contributed by atoms with Gasteiger partial charge in [-0.2, -0.15) is 0 Å². The summed E-state index contributed by atoms with van der Waals surface area (Å²) >= 11 is 17.4. The van der Waals surface area contributed by atoms with Crippen molar-refractivity contribution in [1.29, 1.82) is 0 Å². The zero-order valence-corrected chi connectivity index (χ0v) is 13.8. The lowest BCUT2D eigenvalue weighted by Gasteiger charge is -2.12. The van der Waals surface area contributed by atoms with Gasteiger partial charge in [0.25, 0.3) is 0 Å². The third-order valence-corrected chi connectivity index (χ3v) is 4.23. The Labute approximate surface area is 144 Å².